The van der Waals surface area contributed by atoms with Crippen molar-refractivity contribution in [1.29, 1.82) is 0 Å². The van der Waals surface area contributed by atoms with Crippen LogP contribution in [0.4, 0.5) is 0 Å². The SMILES string of the molecule is O=C1N=c2ccccc2=C1c1c(O)n([C@@H]2O[C@H](CO)[C@@H](O)[C@H](O)[C@H]2O)c2ccccc12. The Morgan fingerprint density at radius 1 is 0.968 bits per heavy atom. The number of para-hydroxylation sites is 2. The molecule has 31 heavy (non-hydrogen) atoms. The average molecular weight is 424 g/mol. The maximum Gasteiger partial charge on any atom is 0.279 e. The van der Waals surface area contributed by atoms with Crippen molar-refractivity contribution >= 4 is 22.4 Å². The molecule has 0 bridgehead atoms. The maximum absolute atomic E-state index is 12.8. The van der Waals surface area contributed by atoms with E-state index in [0.29, 0.717) is 21.5 Å². The third kappa shape index (κ3) is 2.83. The molecule has 9 heteroatoms. The van der Waals surface area contributed by atoms with Gasteiger partial charge in [0.05, 0.1) is 28.6 Å². The minimum atomic E-state index is -1.61. The molecule has 1 saturated heterocycles. The molecule has 0 saturated carbocycles. The number of hydrogen-bond donors (Lipinski definition) is 5. The van der Waals surface area contributed by atoms with E-state index in [2.05, 4.69) is 4.99 Å². The van der Waals surface area contributed by atoms with Crippen molar-refractivity contribution < 1.29 is 35.1 Å². The molecule has 160 valence electrons. The predicted octanol–water partition coefficient (Wildman–Crippen LogP) is -1.32. The van der Waals surface area contributed by atoms with Gasteiger partial charge in [-0.15, -0.1) is 0 Å². The van der Waals surface area contributed by atoms with E-state index in [1.807, 2.05) is 0 Å². The third-order valence-corrected chi connectivity index (χ3v) is 5.87. The van der Waals surface area contributed by atoms with E-state index in [4.69, 9.17) is 4.74 Å². The van der Waals surface area contributed by atoms with Gasteiger partial charge in [0, 0.05) is 10.6 Å². The van der Waals surface area contributed by atoms with Gasteiger partial charge in [-0.25, -0.2) is 4.99 Å². The smallest absolute Gasteiger partial charge is 0.279 e. The van der Waals surface area contributed by atoms with Gasteiger partial charge in [-0.1, -0.05) is 36.4 Å². The van der Waals surface area contributed by atoms with Crippen LogP contribution in [0.15, 0.2) is 53.5 Å². The van der Waals surface area contributed by atoms with Gasteiger partial charge >= 0.3 is 0 Å². The first-order valence-corrected chi connectivity index (χ1v) is 9.79. The van der Waals surface area contributed by atoms with Gasteiger partial charge in [0.2, 0.25) is 5.88 Å². The van der Waals surface area contributed by atoms with Crippen LogP contribution in [0.5, 0.6) is 5.88 Å². The second kappa shape index (κ2) is 7.26. The van der Waals surface area contributed by atoms with Gasteiger partial charge < -0.3 is 30.3 Å². The molecule has 5 rings (SSSR count). The number of aliphatic hydroxyl groups is 4. The summed E-state index contributed by atoms with van der Waals surface area (Å²) >= 11 is 0. The molecule has 9 nitrogen and oxygen atoms in total. The molecule has 0 spiro atoms. The Morgan fingerprint density at radius 2 is 1.68 bits per heavy atom. The minimum Gasteiger partial charge on any atom is -0.494 e. The summed E-state index contributed by atoms with van der Waals surface area (Å²) < 4.78 is 6.91. The monoisotopic (exact) mass is 424 g/mol. The Bertz CT molecular complexity index is 1310. The Balaban J connectivity index is 1.78. The largest absolute Gasteiger partial charge is 0.494 e. The first-order valence-electron chi connectivity index (χ1n) is 9.79. The number of nitrogens with zero attached hydrogens (tertiary/aromatic N) is 2. The van der Waals surface area contributed by atoms with E-state index in [9.17, 15) is 30.3 Å². The minimum absolute atomic E-state index is 0.215. The Morgan fingerprint density at radius 3 is 2.45 bits per heavy atom. The fourth-order valence-electron chi connectivity index (χ4n) is 4.35. The zero-order valence-corrected chi connectivity index (χ0v) is 16.2. The zero-order valence-electron chi connectivity index (χ0n) is 16.2. The van der Waals surface area contributed by atoms with Crippen molar-refractivity contribution in [3.8, 4) is 5.88 Å². The number of rotatable bonds is 3. The van der Waals surface area contributed by atoms with E-state index in [1.165, 1.54) is 4.57 Å². The van der Waals surface area contributed by atoms with Crippen LogP contribution >= 0.6 is 0 Å². The quantitative estimate of drug-likeness (QED) is 0.351. The lowest BCUT2D eigenvalue weighted by Gasteiger charge is -2.40. The first kappa shape index (κ1) is 19.9. The van der Waals surface area contributed by atoms with Crippen molar-refractivity contribution in [2.24, 2.45) is 4.99 Å². The number of carbonyl (C=O) groups is 1. The Kier molecular flexibility index (Phi) is 4.65. The number of aliphatic hydroxyl groups excluding tert-OH is 4. The van der Waals surface area contributed by atoms with Gasteiger partial charge in [0.1, 0.15) is 24.4 Å². The highest BCUT2D eigenvalue weighted by atomic mass is 16.6. The highest BCUT2D eigenvalue weighted by Crippen LogP contribution is 2.41. The zero-order chi connectivity index (χ0) is 21.9. The molecule has 5 atom stereocenters. The molecular formula is C22H20N2O7. The summed E-state index contributed by atoms with van der Waals surface area (Å²) in [7, 11) is 0. The normalized spacial score (nSPS) is 28.1. The van der Waals surface area contributed by atoms with Gasteiger partial charge in [-0.3, -0.25) is 9.36 Å². The summed E-state index contributed by atoms with van der Waals surface area (Å²) in [5, 5.41) is 53.3. The Hall–Kier alpha value is -3.08. The van der Waals surface area contributed by atoms with E-state index < -0.39 is 43.2 Å². The lowest BCUT2D eigenvalue weighted by atomic mass is 9.98. The molecule has 3 heterocycles. The number of ether oxygens (including phenoxy) is 1. The number of fused-ring (bicyclic) bond motifs is 2. The maximum atomic E-state index is 12.8. The molecular weight excluding hydrogens is 404 g/mol. The predicted molar refractivity (Wildman–Crippen MR) is 107 cm³/mol. The van der Waals surface area contributed by atoms with Crippen LogP contribution in [-0.4, -0.2) is 67.0 Å². The lowest BCUT2D eigenvalue weighted by Crippen LogP contribution is -2.56. The molecule has 3 aromatic rings. The van der Waals surface area contributed by atoms with E-state index in [0.717, 1.165) is 0 Å². The molecule has 1 aromatic heterocycles. The van der Waals surface area contributed by atoms with E-state index >= 15 is 0 Å². The van der Waals surface area contributed by atoms with Crippen molar-refractivity contribution in [3.05, 3.63) is 64.7 Å². The van der Waals surface area contributed by atoms with Crippen LogP contribution in [-0.2, 0) is 9.53 Å². The molecule has 2 aliphatic rings. The van der Waals surface area contributed by atoms with Crippen LogP contribution < -0.4 is 10.6 Å². The van der Waals surface area contributed by atoms with Crippen LogP contribution in [0.3, 0.4) is 0 Å². The summed E-state index contributed by atoms with van der Waals surface area (Å²) in [5.41, 5.74) is 0.878. The second-order valence-electron chi connectivity index (χ2n) is 7.61. The summed E-state index contributed by atoms with van der Waals surface area (Å²) in [6.45, 7) is -0.601. The average Bonchev–Trinajstić information content (AvgIpc) is 3.25. The van der Waals surface area contributed by atoms with Crippen LogP contribution in [0, 0.1) is 0 Å². The standard InChI is InChI=1S/C22H20N2O7/c25-9-14-17(26)18(27)19(28)22(31-14)24-13-8-4-2-6-11(13)16(21(24)30)15-10-5-1-3-7-12(10)23-20(15)29/h1-8,14,17-19,22,25-28,30H,9H2/t14-,17-,18+,19-,22-/m1/s1. The van der Waals surface area contributed by atoms with Gasteiger partial charge in [-0.2, -0.15) is 0 Å². The van der Waals surface area contributed by atoms with E-state index in [1.54, 1.807) is 48.5 Å². The van der Waals surface area contributed by atoms with Gasteiger partial charge in [0.15, 0.2) is 6.23 Å². The number of benzene rings is 2. The Labute approximate surface area is 175 Å². The van der Waals surface area contributed by atoms with Gasteiger partial charge in [0.25, 0.3) is 5.91 Å². The van der Waals surface area contributed by atoms with Crippen molar-refractivity contribution in [2.45, 2.75) is 30.6 Å². The van der Waals surface area contributed by atoms with Crippen molar-refractivity contribution in [1.82, 2.24) is 4.57 Å². The fourth-order valence-corrected chi connectivity index (χ4v) is 4.35. The van der Waals surface area contributed by atoms with E-state index in [-0.39, 0.29) is 17.0 Å². The highest BCUT2D eigenvalue weighted by molar-refractivity contribution is 6.25. The van der Waals surface area contributed by atoms with Crippen molar-refractivity contribution in [3.63, 3.8) is 0 Å². The highest BCUT2D eigenvalue weighted by Gasteiger charge is 2.45. The third-order valence-electron chi connectivity index (χ3n) is 5.87. The van der Waals surface area contributed by atoms with Crippen LogP contribution in [0.1, 0.15) is 11.8 Å². The number of aromatic hydroxyl groups is 1. The van der Waals surface area contributed by atoms with Crippen molar-refractivity contribution in [2.75, 3.05) is 6.61 Å². The molecule has 1 amide bonds. The molecule has 2 aliphatic heterocycles. The number of carbonyl (C=O) groups excluding carboxylic acids is 1. The summed E-state index contributed by atoms with van der Waals surface area (Å²) in [6, 6.07) is 13.8. The fraction of sp³-hybridized carbons (Fsp3) is 0.273. The topological polar surface area (TPSA) is 145 Å². The summed E-state index contributed by atoms with van der Waals surface area (Å²) in [4.78, 5) is 16.8. The molecule has 0 radical (unpaired) electrons. The number of amides is 1. The molecule has 0 unspecified atom stereocenters. The van der Waals surface area contributed by atoms with Crippen LogP contribution in [0.25, 0.3) is 16.5 Å². The number of hydrogen-bond acceptors (Lipinski definition) is 7. The first-order chi connectivity index (χ1) is 14.9. The molecule has 2 aromatic carbocycles. The molecule has 1 fully saturated rings. The summed E-state index contributed by atoms with van der Waals surface area (Å²) in [6.07, 6.45) is -7.22. The van der Waals surface area contributed by atoms with Crippen LogP contribution in [0.2, 0.25) is 0 Å². The van der Waals surface area contributed by atoms with Gasteiger partial charge in [-0.05, 0) is 12.1 Å². The second-order valence-corrected chi connectivity index (χ2v) is 7.61. The molecule has 5 N–H and O–H groups in total. The molecule has 0 aliphatic carbocycles. The number of aromatic nitrogens is 1. The summed E-state index contributed by atoms with van der Waals surface area (Å²) in [5.74, 6) is -0.867. The lowest BCUT2D eigenvalue weighted by molar-refractivity contribution is -0.251.